The smallest absolute Gasteiger partial charge is 0.329 e. The number of fused-ring (bicyclic) bond motifs is 3. The molecule has 3 aromatic heterocycles. The van der Waals surface area contributed by atoms with E-state index in [2.05, 4.69) is 64.8 Å². The van der Waals surface area contributed by atoms with E-state index >= 15 is 0 Å². The lowest BCUT2D eigenvalue weighted by molar-refractivity contribution is -0.135. The number of nitrogens with zero attached hydrogens (tertiary/aromatic N) is 9. The topological polar surface area (TPSA) is 157 Å². The first-order chi connectivity index (χ1) is 28.2. The van der Waals surface area contributed by atoms with E-state index in [1.807, 2.05) is 25.2 Å². The molecule has 4 aliphatic heterocycles. The van der Waals surface area contributed by atoms with Gasteiger partial charge in [0.05, 0.1) is 29.0 Å². The zero-order valence-electron chi connectivity index (χ0n) is 32.7. The largest absolute Gasteiger partial charge is 0.385 e. The first-order valence-corrected chi connectivity index (χ1v) is 20.4. The number of piperidine rings is 2. The Morgan fingerprint density at radius 3 is 2.41 bits per heavy atom. The van der Waals surface area contributed by atoms with Crippen LogP contribution in [-0.2, 0) is 23.1 Å². The maximum Gasteiger partial charge on any atom is 0.329 e. The van der Waals surface area contributed by atoms with Gasteiger partial charge >= 0.3 is 5.69 Å². The normalized spacial score (nSPS) is 22.8. The van der Waals surface area contributed by atoms with Gasteiger partial charge in [-0.2, -0.15) is 0 Å². The summed E-state index contributed by atoms with van der Waals surface area (Å²) in [6, 6.07) is 13.8. The van der Waals surface area contributed by atoms with Gasteiger partial charge in [-0.1, -0.05) is 6.07 Å². The molecule has 3 amide bonds. The predicted molar refractivity (Wildman–Crippen MR) is 218 cm³/mol. The average Bonchev–Trinajstić information content (AvgIpc) is 3.53. The van der Waals surface area contributed by atoms with Gasteiger partial charge in [-0.25, -0.2) is 18.7 Å². The number of alkyl halides is 1. The van der Waals surface area contributed by atoms with Crippen LogP contribution in [0.3, 0.4) is 0 Å². The second kappa shape index (κ2) is 14.1. The zero-order valence-corrected chi connectivity index (χ0v) is 32.7. The SMILES string of the molecule is CNc1cc(N2CCc3c(N4CCN(C5CCN(c6ccc7c(c6)n(C)c(=O)n7C6CCC(=O)NC6=O)CC5)CC4)cccc32)nn2c(C(=O)N[C@@H]3C[C@@H]3F)cnc12. The summed E-state index contributed by atoms with van der Waals surface area (Å²) in [7, 11) is 3.56. The van der Waals surface area contributed by atoms with Crippen molar-refractivity contribution in [3.8, 4) is 0 Å². The Hall–Kier alpha value is -5.97. The Kier molecular flexibility index (Phi) is 8.87. The number of nitrogens with one attached hydrogen (secondary N) is 3. The van der Waals surface area contributed by atoms with Crippen molar-refractivity contribution in [1.29, 1.82) is 0 Å². The average molecular weight is 791 g/mol. The molecule has 7 heterocycles. The molecule has 5 aromatic rings. The van der Waals surface area contributed by atoms with Crippen LogP contribution in [0.5, 0.6) is 0 Å². The third-order valence-corrected chi connectivity index (χ3v) is 12.9. The molecule has 1 aliphatic carbocycles. The highest BCUT2D eigenvalue weighted by atomic mass is 19.1. The molecule has 3 N–H and O–H groups in total. The molecule has 3 saturated heterocycles. The van der Waals surface area contributed by atoms with E-state index in [1.165, 1.54) is 22.0 Å². The van der Waals surface area contributed by atoms with Crippen LogP contribution in [0.2, 0.25) is 0 Å². The van der Waals surface area contributed by atoms with Crippen molar-refractivity contribution in [2.45, 2.75) is 62.8 Å². The van der Waals surface area contributed by atoms with Gasteiger partial charge in [0.15, 0.2) is 17.2 Å². The van der Waals surface area contributed by atoms with E-state index < -0.39 is 24.2 Å². The fourth-order valence-corrected chi connectivity index (χ4v) is 9.53. The molecule has 2 aromatic carbocycles. The number of aryl methyl sites for hydroxylation is 1. The molecular formula is C41H47FN12O4. The molecule has 1 unspecified atom stereocenters. The monoisotopic (exact) mass is 790 g/mol. The summed E-state index contributed by atoms with van der Waals surface area (Å²) in [5, 5.41) is 13.2. The Morgan fingerprint density at radius 1 is 0.897 bits per heavy atom. The number of hydrogen-bond donors (Lipinski definition) is 3. The van der Waals surface area contributed by atoms with Crippen LogP contribution in [0.25, 0.3) is 16.7 Å². The minimum Gasteiger partial charge on any atom is -0.385 e. The van der Waals surface area contributed by atoms with Gasteiger partial charge in [0.25, 0.3) is 5.91 Å². The minimum atomic E-state index is -0.999. The summed E-state index contributed by atoms with van der Waals surface area (Å²) in [5.74, 6) is -0.400. The molecule has 0 spiro atoms. The first kappa shape index (κ1) is 36.4. The highest BCUT2D eigenvalue weighted by Crippen LogP contribution is 2.40. The van der Waals surface area contributed by atoms with Gasteiger partial charge in [-0.05, 0) is 56.0 Å². The van der Waals surface area contributed by atoms with E-state index in [0.717, 1.165) is 87.7 Å². The quantitative estimate of drug-likeness (QED) is 0.199. The minimum absolute atomic E-state index is 0.215. The molecule has 10 rings (SSSR count). The molecule has 58 heavy (non-hydrogen) atoms. The Balaban J connectivity index is 0.794. The van der Waals surface area contributed by atoms with E-state index in [0.29, 0.717) is 35.9 Å². The van der Waals surface area contributed by atoms with Crippen LogP contribution in [0, 0.1) is 0 Å². The number of hydrogen-bond acceptors (Lipinski definition) is 11. The fraction of sp³-hybridized carbons (Fsp3) is 0.463. The van der Waals surface area contributed by atoms with Crippen LogP contribution in [-0.4, -0.2) is 117 Å². The molecule has 0 radical (unpaired) electrons. The van der Waals surface area contributed by atoms with E-state index in [9.17, 15) is 23.6 Å². The molecule has 17 heteroatoms. The highest BCUT2D eigenvalue weighted by Gasteiger charge is 2.39. The second-order valence-corrected chi connectivity index (χ2v) is 16.1. The third kappa shape index (κ3) is 6.13. The summed E-state index contributed by atoms with van der Waals surface area (Å²) >= 11 is 0. The van der Waals surface area contributed by atoms with Gasteiger partial charge in [0.1, 0.15) is 12.2 Å². The van der Waals surface area contributed by atoms with Crippen molar-refractivity contribution in [2.75, 3.05) is 72.9 Å². The standard InChI is InChI=1S/C41H47FN12O4/c1-43-29-22-36(47-54-35(23-44-38(29)54)40(57)45-28-21-27(28)42)52-15-12-26-30(4-3-5-31(26)52)51-18-16-50(17-19-51)24-10-13-49(14-11-24)25-6-7-32-34(20-25)48(2)41(58)53(32)33-8-9-37(55)46-39(33)56/h3-7,20,22-24,27-28,33,43H,8-19,21H2,1-2H3,(H,45,57)(H,46,55,56)/t27-,28+,33?/m0/s1. The Morgan fingerprint density at radius 2 is 1.67 bits per heavy atom. The fourth-order valence-electron chi connectivity index (χ4n) is 9.53. The number of carbonyl (C=O) groups excluding carboxylic acids is 3. The lowest BCUT2D eigenvalue weighted by Crippen LogP contribution is -2.53. The molecule has 1 saturated carbocycles. The van der Waals surface area contributed by atoms with Crippen molar-refractivity contribution in [2.24, 2.45) is 7.05 Å². The predicted octanol–water partition coefficient (Wildman–Crippen LogP) is 2.73. The number of aromatic nitrogens is 5. The highest BCUT2D eigenvalue weighted by molar-refractivity contribution is 6.00. The Bertz CT molecular complexity index is 2530. The summed E-state index contributed by atoms with van der Waals surface area (Å²) in [6.07, 6.45) is 4.33. The molecule has 3 atom stereocenters. The van der Waals surface area contributed by atoms with Crippen molar-refractivity contribution in [3.05, 3.63) is 70.4 Å². The van der Waals surface area contributed by atoms with Crippen LogP contribution < -0.4 is 36.3 Å². The van der Waals surface area contributed by atoms with Crippen molar-refractivity contribution < 1.29 is 18.8 Å². The molecular weight excluding hydrogens is 744 g/mol. The van der Waals surface area contributed by atoms with Crippen LogP contribution in [0.15, 0.2) is 53.5 Å². The third-order valence-electron chi connectivity index (χ3n) is 12.9. The van der Waals surface area contributed by atoms with Crippen molar-refractivity contribution in [1.82, 2.24) is 39.3 Å². The number of benzene rings is 2. The summed E-state index contributed by atoms with van der Waals surface area (Å²) in [4.78, 5) is 64.9. The lowest BCUT2D eigenvalue weighted by Gasteiger charge is -2.44. The number of carbonyl (C=O) groups is 3. The molecule has 302 valence electrons. The van der Waals surface area contributed by atoms with Gasteiger partial charge < -0.3 is 25.3 Å². The van der Waals surface area contributed by atoms with E-state index in [4.69, 9.17) is 5.10 Å². The van der Waals surface area contributed by atoms with E-state index in [1.54, 1.807) is 16.1 Å². The molecule has 16 nitrogen and oxygen atoms in total. The number of imidazole rings is 2. The molecule has 5 aliphatic rings. The second-order valence-electron chi connectivity index (χ2n) is 16.1. The van der Waals surface area contributed by atoms with Crippen LogP contribution >= 0.6 is 0 Å². The summed E-state index contributed by atoms with van der Waals surface area (Å²) in [6.45, 7) is 6.43. The number of halogens is 1. The van der Waals surface area contributed by atoms with Crippen LogP contribution in [0.4, 0.5) is 33.0 Å². The van der Waals surface area contributed by atoms with Crippen molar-refractivity contribution in [3.63, 3.8) is 0 Å². The Labute approximate surface area is 333 Å². The number of rotatable bonds is 8. The number of piperazine rings is 1. The first-order valence-electron chi connectivity index (χ1n) is 20.4. The van der Waals surface area contributed by atoms with Gasteiger partial charge in [0, 0.05) is 107 Å². The summed E-state index contributed by atoms with van der Waals surface area (Å²) < 4.78 is 18.3. The van der Waals surface area contributed by atoms with Gasteiger partial charge in [-0.15, -0.1) is 5.10 Å². The maximum absolute atomic E-state index is 13.6. The number of anilines is 5. The molecule has 0 bridgehead atoms. The van der Waals surface area contributed by atoms with Crippen molar-refractivity contribution >= 4 is 63.0 Å². The van der Waals surface area contributed by atoms with E-state index in [-0.39, 0.29) is 29.6 Å². The zero-order chi connectivity index (χ0) is 39.8. The van der Waals surface area contributed by atoms with Gasteiger partial charge in [-0.3, -0.25) is 33.7 Å². The number of amides is 3. The molecule has 4 fully saturated rings. The maximum atomic E-state index is 13.6. The lowest BCUT2D eigenvalue weighted by atomic mass is 10.0. The van der Waals surface area contributed by atoms with Crippen LogP contribution in [0.1, 0.15) is 54.2 Å². The summed E-state index contributed by atoms with van der Waals surface area (Å²) in [5.41, 5.74) is 7.52. The van der Waals surface area contributed by atoms with Gasteiger partial charge in [0.2, 0.25) is 11.8 Å². The number of imide groups is 1.